The first-order valence-corrected chi connectivity index (χ1v) is 7.57. The molecule has 0 bridgehead atoms. The van der Waals surface area contributed by atoms with Gasteiger partial charge in [0, 0.05) is 13.2 Å². The summed E-state index contributed by atoms with van der Waals surface area (Å²) in [5, 5.41) is 0. The van der Waals surface area contributed by atoms with Crippen LogP contribution in [0.4, 0.5) is 0 Å². The van der Waals surface area contributed by atoms with Gasteiger partial charge in [0.15, 0.2) is 5.78 Å². The fraction of sp³-hybridized carbons (Fsp3) is 0.263. The van der Waals surface area contributed by atoms with Gasteiger partial charge in [-0.1, -0.05) is 35.9 Å². The van der Waals surface area contributed by atoms with E-state index in [0.717, 1.165) is 11.1 Å². The number of hydrogen-bond donors (Lipinski definition) is 0. The lowest BCUT2D eigenvalue weighted by Crippen LogP contribution is -2.17. The third kappa shape index (κ3) is 4.67. The van der Waals surface area contributed by atoms with Gasteiger partial charge < -0.3 is 13.9 Å². The van der Waals surface area contributed by atoms with Gasteiger partial charge in [0.1, 0.15) is 23.7 Å². The van der Waals surface area contributed by atoms with Crippen molar-refractivity contribution in [2.45, 2.75) is 13.8 Å². The molecule has 0 radical (unpaired) electrons. The number of hydrogen-bond acceptors (Lipinski definition) is 5. The predicted octanol–water partition coefficient (Wildman–Crippen LogP) is 3.18. The normalized spacial score (nSPS) is 11.0. The van der Waals surface area contributed by atoms with E-state index in [2.05, 4.69) is 0 Å². The van der Waals surface area contributed by atoms with Crippen LogP contribution in [-0.4, -0.2) is 26.1 Å². The summed E-state index contributed by atoms with van der Waals surface area (Å²) in [6.45, 7) is 4.18. The Labute approximate surface area is 140 Å². The fourth-order valence-electron chi connectivity index (χ4n) is 2.18. The molecule has 0 aliphatic rings. The van der Waals surface area contributed by atoms with Crippen LogP contribution < -0.4 is 10.4 Å². The third-order valence-corrected chi connectivity index (χ3v) is 3.30. The Bertz CT molecular complexity index is 802. The van der Waals surface area contributed by atoms with E-state index in [1.54, 1.807) is 20.1 Å². The lowest BCUT2D eigenvalue weighted by Gasteiger charge is -2.09. The minimum Gasteiger partial charge on any atom is -0.490 e. The second kappa shape index (κ2) is 8.26. The molecule has 2 aromatic rings. The van der Waals surface area contributed by atoms with E-state index in [9.17, 15) is 9.59 Å². The molecule has 0 unspecified atom stereocenters. The zero-order valence-electron chi connectivity index (χ0n) is 14.0. The molecule has 0 atom stereocenters. The minimum absolute atomic E-state index is 0.111. The van der Waals surface area contributed by atoms with Gasteiger partial charge in [0.25, 0.3) is 0 Å². The van der Waals surface area contributed by atoms with Crippen molar-refractivity contribution in [2.24, 2.45) is 0 Å². The zero-order chi connectivity index (χ0) is 17.5. The summed E-state index contributed by atoms with van der Waals surface area (Å²) >= 11 is 0. The van der Waals surface area contributed by atoms with Crippen LogP contribution in [0.25, 0.3) is 6.08 Å². The molecular weight excluding hydrogens is 308 g/mol. The number of carbonyl (C=O) groups excluding carboxylic acids is 1. The number of carbonyl (C=O) groups is 1. The van der Waals surface area contributed by atoms with Crippen LogP contribution in [0.15, 0.2) is 45.6 Å². The quantitative estimate of drug-likeness (QED) is 0.444. The first kappa shape index (κ1) is 17.7. The molecule has 2 rings (SSSR count). The van der Waals surface area contributed by atoms with Gasteiger partial charge in [0.2, 0.25) is 0 Å². The van der Waals surface area contributed by atoms with Crippen molar-refractivity contribution >= 4 is 11.9 Å². The van der Waals surface area contributed by atoms with Crippen LogP contribution in [0.5, 0.6) is 5.75 Å². The highest BCUT2D eigenvalue weighted by molar-refractivity contribution is 6.08. The molecule has 24 heavy (non-hydrogen) atoms. The number of benzene rings is 1. The standard InChI is InChI=1S/C19H20O5/c1-13-5-4-6-15(11-13)7-8-16(20)18-17(23-10-9-22-3)12-14(2)24-19(18)21/h4-8,11-12H,9-10H2,1-3H3. The van der Waals surface area contributed by atoms with Crippen LogP contribution in [0.3, 0.4) is 0 Å². The number of ether oxygens (including phenoxy) is 2. The number of aryl methyl sites for hydroxylation is 2. The van der Waals surface area contributed by atoms with Gasteiger partial charge >= 0.3 is 5.63 Å². The molecule has 1 aromatic carbocycles. The highest BCUT2D eigenvalue weighted by atomic mass is 16.5. The third-order valence-electron chi connectivity index (χ3n) is 3.30. The van der Waals surface area contributed by atoms with E-state index >= 15 is 0 Å². The van der Waals surface area contributed by atoms with Crippen LogP contribution in [-0.2, 0) is 4.74 Å². The summed E-state index contributed by atoms with van der Waals surface area (Å²) in [5.41, 5.74) is 1.15. The van der Waals surface area contributed by atoms with Crippen LogP contribution in [0.1, 0.15) is 27.2 Å². The van der Waals surface area contributed by atoms with Crippen LogP contribution >= 0.6 is 0 Å². The predicted molar refractivity (Wildman–Crippen MR) is 91.6 cm³/mol. The molecule has 5 nitrogen and oxygen atoms in total. The molecule has 5 heteroatoms. The molecule has 0 saturated heterocycles. The Morgan fingerprint density at radius 1 is 1.21 bits per heavy atom. The lowest BCUT2D eigenvalue weighted by atomic mass is 10.1. The van der Waals surface area contributed by atoms with E-state index < -0.39 is 11.4 Å². The number of allylic oxidation sites excluding steroid dienone is 1. The molecule has 1 heterocycles. The average Bonchev–Trinajstić information content (AvgIpc) is 2.52. The Morgan fingerprint density at radius 2 is 2.00 bits per heavy atom. The second-order valence-electron chi connectivity index (χ2n) is 5.34. The average molecular weight is 328 g/mol. The maximum atomic E-state index is 12.4. The molecule has 126 valence electrons. The zero-order valence-corrected chi connectivity index (χ0v) is 14.0. The van der Waals surface area contributed by atoms with Crippen molar-refractivity contribution in [1.29, 1.82) is 0 Å². The highest BCUT2D eigenvalue weighted by Crippen LogP contribution is 2.18. The van der Waals surface area contributed by atoms with Gasteiger partial charge in [-0.25, -0.2) is 4.79 Å². The second-order valence-corrected chi connectivity index (χ2v) is 5.34. The Hall–Kier alpha value is -2.66. The van der Waals surface area contributed by atoms with Gasteiger partial charge in [-0.15, -0.1) is 0 Å². The highest BCUT2D eigenvalue weighted by Gasteiger charge is 2.17. The number of methoxy groups -OCH3 is 1. The SMILES string of the molecule is COCCOc1cc(C)oc(=O)c1C(=O)C=Cc1cccc(C)c1. The summed E-state index contributed by atoms with van der Waals surface area (Å²) in [4.78, 5) is 24.5. The fourth-order valence-corrected chi connectivity index (χ4v) is 2.18. The van der Waals surface area contributed by atoms with Crippen LogP contribution in [0.2, 0.25) is 0 Å². The molecule has 0 aliphatic carbocycles. The minimum atomic E-state index is -0.707. The first-order valence-electron chi connectivity index (χ1n) is 7.57. The van der Waals surface area contributed by atoms with E-state index in [1.807, 2.05) is 31.2 Å². The van der Waals surface area contributed by atoms with Gasteiger partial charge in [0.05, 0.1) is 6.61 Å². The van der Waals surface area contributed by atoms with E-state index in [-0.39, 0.29) is 17.9 Å². The van der Waals surface area contributed by atoms with Gasteiger partial charge in [-0.2, -0.15) is 0 Å². The number of ketones is 1. The largest absolute Gasteiger partial charge is 0.490 e. The van der Waals surface area contributed by atoms with Crippen LogP contribution in [0, 0.1) is 13.8 Å². The van der Waals surface area contributed by atoms with Crippen molar-refractivity contribution in [1.82, 2.24) is 0 Å². The van der Waals surface area contributed by atoms with Crippen molar-refractivity contribution in [3.63, 3.8) is 0 Å². The van der Waals surface area contributed by atoms with Crippen molar-refractivity contribution in [3.05, 3.63) is 69.3 Å². The Morgan fingerprint density at radius 3 is 2.71 bits per heavy atom. The Kier molecular flexibility index (Phi) is 6.09. The maximum Gasteiger partial charge on any atom is 0.351 e. The summed E-state index contributed by atoms with van der Waals surface area (Å²) in [6, 6.07) is 9.22. The van der Waals surface area contributed by atoms with Crippen molar-refractivity contribution < 1.29 is 18.7 Å². The number of rotatable bonds is 7. The topological polar surface area (TPSA) is 65.7 Å². The molecule has 0 aliphatic heterocycles. The molecule has 0 saturated carbocycles. The summed E-state index contributed by atoms with van der Waals surface area (Å²) < 4.78 is 15.4. The van der Waals surface area contributed by atoms with E-state index in [1.165, 1.54) is 12.1 Å². The smallest absolute Gasteiger partial charge is 0.351 e. The molecule has 0 spiro atoms. The van der Waals surface area contributed by atoms with Crippen molar-refractivity contribution in [2.75, 3.05) is 20.3 Å². The van der Waals surface area contributed by atoms with Gasteiger partial charge in [-0.3, -0.25) is 4.79 Å². The molecule has 0 N–H and O–H groups in total. The van der Waals surface area contributed by atoms with Gasteiger partial charge in [-0.05, 0) is 25.5 Å². The molecular formula is C19H20O5. The summed E-state index contributed by atoms with van der Waals surface area (Å²) in [5.74, 6) is 0.129. The first-order chi connectivity index (χ1) is 11.5. The molecule has 0 fully saturated rings. The molecule has 1 aromatic heterocycles. The lowest BCUT2D eigenvalue weighted by molar-refractivity contribution is 0.103. The van der Waals surface area contributed by atoms with E-state index in [0.29, 0.717) is 12.4 Å². The molecule has 0 amide bonds. The van der Waals surface area contributed by atoms with Crippen molar-refractivity contribution in [3.8, 4) is 5.75 Å². The summed E-state index contributed by atoms with van der Waals surface area (Å²) in [7, 11) is 1.55. The maximum absolute atomic E-state index is 12.4. The van der Waals surface area contributed by atoms with E-state index in [4.69, 9.17) is 13.9 Å². The summed E-state index contributed by atoms with van der Waals surface area (Å²) in [6.07, 6.45) is 3.01. The Balaban J connectivity index is 2.29. The monoisotopic (exact) mass is 328 g/mol.